The molecular weight excluding hydrogens is 223 g/mol. The Morgan fingerprint density at radius 2 is 2.12 bits per heavy atom. The quantitative estimate of drug-likeness (QED) is 0.863. The molecule has 2 rings (SSSR count). The van der Waals surface area contributed by atoms with E-state index in [1.54, 1.807) is 13.0 Å². The van der Waals surface area contributed by atoms with Gasteiger partial charge in [-0.15, -0.1) is 0 Å². The lowest BCUT2D eigenvalue weighted by molar-refractivity contribution is 0.415. The summed E-state index contributed by atoms with van der Waals surface area (Å²) in [6.07, 6.45) is 0. The molecule has 0 radical (unpaired) electrons. The van der Waals surface area contributed by atoms with Crippen molar-refractivity contribution in [3.63, 3.8) is 0 Å². The maximum absolute atomic E-state index is 13.2. The molecule has 0 saturated heterocycles. The van der Waals surface area contributed by atoms with Crippen molar-refractivity contribution < 1.29 is 9.13 Å². The normalized spacial score (nSPS) is 10.3. The number of hydrogen-bond donors (Lipinski definition) is 1. The van der Waals surface area contributed by atoms with Crippen molar-refractivity contribution in [3.8, 4) is 17.0 Å². The van der Waals surface area contributed by atoms with E-state index in [1.807, 2.05) is 0 Å². The Bertz CT molecular complexity index is 608. The summed E-state index contributed by atoms with van der Waals surface area (Å²) in [4.78, 5) is 17.6. The van der Waals surface area contributed by atoms with Crippen LogP contribution in [-0.2, 0) is 0 Å². The van der Waals surface area contributed by atoms with Crippen LogP contribution in [0.4, 0.5) is 4.39 Å². The molecule has 0 bridgehead atoms. The molecule has 0 aliphatic rings. The van der Waals surface area contributed by atoms with Crippen LogP contribution in [0, 0.1) is 12.7 Å². The van der Waals surface area contributed by atoms with E-state index in [0.29, 0.717) is 22.7 Å². The molecule has 1 aromatic heterocycles. The van der Waals surface area contributed by atoms with Crippen LogP contribution in [0.15, 0.2) is 29.1 Å². The Kier molecular flexibility index (Phi) is 2.91. The number of aromatic amines is 1. The monoisotopic (exact) mass is 234 g/mol. The zero-order chi connectivity index (χ0) is 12.4. The number of halogens is 1. The van der Waals surface area contributed by atoms with Gasteiger partial charge in [-0.1, -0.05) is 0 Å². The summed E-state index contributed by atoms with van der Waals surface area (Å²) < 4.78 is 18.3. The van der Waals surface area contributed by atoms with E-state index < -0.39 is 11.5 Å². The minimum Gasteiger partial charge on any atom is -0.496 e. The molecule has 0 atom stereocenters. The Morgan fingerprint density at radius 1 is 1.35 bits per heavy atom. The number of nitrogens with one attached hydrogen (secondary N) is 1. The Labute approximate surface area is 97.1 Å². The first-order chi connectivity index (χ1) is 8.10. The molecule has 0 aliphatic carbocycles. The maximum atomic E-state index is 13.2. The average Bonchev–Trinajstić information content (AvgIpc) is 2.27. The van der Waals surface area contributed by atoms with Gasteiger partial charge in [0.1, 0.15) is 11.6 Å². The fraction of sp³-hybridized carbons (Fsp3) is 0.167. The van der Waals surface area contributed by atoms with Gasteiger partial charge in [0, 0.05) is 11.3 Å². The van der Waals surface area contributed by atoms with Crippen LogP contribution >= 0.6 is 0 Å². The first-order valence-corrected chi connectivity index (χ1v) is 5.02. The zero-order valence-corrected chi connectivity index (χ0v) is 9.45. The van der Waals surface area contributed by atoms with Gasteiger partial charge in [-0.05, 0) is 31.2 Å². The second-order valence-corrected chi connectivity index (χ2v) is 3.60. The molecule has 1 heterocycles. The minimum absolute atomic E-state index is 0.391. The van der Waals surface area contributed by atoms with Crippen LogP contribution in [0.5, 0.6) is 5.75 Å². The zero-order valence-electron chi connectivity index (χ0n) is 9.45. The van der Waals surface area contributed by atoms with Crippen molar-refractivity contribution in [2.75, 3.05) is 7.11 Å². The van der Waals surface area contributed by atoms with Crippen molar-refractivity contribution in [2.24, 2.45) is 0 Å². The van der Waals surface area contributed by atoms with Crippen LogP contribution < -0.4 is 10.4 Å². The van der Waals surface area contributed by atoms with Gasteiger partial charge in [0.25, 0.3) is 0 Å². The molecule has 1 aromatic carbocycles. The van der Waals surface area contributed by atoms with Crippen molar-refractivity contribution in [1.82, 2.24) is 9.97 Å². The molecule has 0 aliphatic heterocycles. The third kappa shape index (κ3) is 2.33. The number of H-pyrrole nitrogens is 1. The number of hydrogen-bond acceptors (Lipinski definition) is 3. The van der Waals surface area contributed by atoms with E-state index in [4.69, 9.17) is 4.74 Å². The summed E-state index contributed by atoms with van der Waals surface area (Å²) in [6, 6.07) is 5.75. The number of nitrogens with zero attached hydrogens (tertiary/aromatic N) is 1. The standard InChI is InChI=1S/C12H11FN2O2/c1-7-5-10(15-12(16)14-7)9-6-8(13)3-4-11(9)17-2/h3-6H,1-2H3,(H,14,15,16). The molecule has 0 unspecified atom stereocenters. The lowest BCUT2D eigenvalue weighted by atomic mass is 10.1. The van der Waals surface area contributed by atoms with Crippen LogP contribution in [-0.4, -0.2) is 17.1 Å². The highest BCUT2D eigenvalue weighted by atomic mass is 19.1. The molecule has 0 amide bonds. The van der Waals surface area contributed by atoms with Gasteiger partial charge in [-0.3, -0.25) is 0 Å². The number of ether oxygens (including phenoxy) is 1. The fourth-order valence-corrected chi connectivity index (χ4v) is 1.60. The summed E-state index contributed by atoms with van der Waals surface area (Å²) in [5.74, 6) is 0.0736. The summed E-state index contributed by atoms with van der Waals surface area (Å²) in [7, 11) is 1.48. The molecule has 2 aromatic rings. The van der Waals surface area contributed by atoms with Gasteiger partial charge in [0.15, 0.2) is 0 Å². The number of rotatable bonds is 2. The number of methoxy groups -OCH3 is 1. The Balaban J connectivity index is 2.66. The van der Waals surface area contributed by atoms with Crippen LogP contribution in [0.1, 0.15) is 5.69 Å². The number of benzene rings is 1. The van der Waals surface area contributed by atoms with Gasteiger partial charge in [-0.2, -0.15) is 4.98 Å². The predicted octanol–water partition coefficient (Wildman–Crippen LogP) is 1.89. The number of aryl methyl sites for hydroxylation is 1. The third-order valence-corrected chi connectivity index (χ3v) is 2.32. The molecule has 4 nitrogen and oxygen atoms in total. The van der Waals surface area contributed by atoms with E-state index in [2.05, 4.69) is 9.97 Å². The van der Waals surface area contributed by atoms with Gasteiger partial charge >= 0.3 is 5.69 Å². The fourth-order valence-electron chi connectivity index (χ4n) is 1.60. The topological polar surface area (TPSA) is 55.0 Å². The predicted molar refractivity (Wildman–Crippen MR) is 61.5 cm³/mol. The summed E-state index contributed by atoms with van der Waals surface area (Å²) in [6.45, 7) is 1.73. The molecule has 17 heavy (non-hydrogen) atoms. The maximum Gasteiger partial charge on any atom is 0.345 e. The lowest BCUT2D eigenvalue weighted by Crippen LogP contribution is -2.12. The van der Waals surface area contributed by atoms with Gasteiger partial charge in [0.2, 0.25) is 0 Å². The van der Waals surface area contributed by atoms with Crippen LogP contribution in [0.3, 0.4) is 0 Å². The van der Waals surface area contributed by atoms with Crippen molar-refractivity contribution in [3.05, 3.63) is 46.3 Å². The first kappa shape index (κ1) is 11.3. The molecule has 88 valence electrons. The lowest BCUT2D eigenvalue weighted by Gasteiger charge is -2.07. The second kappa shape index (κ2) is 4.37. The van der Waals surface area contributed by atoms with E-state index in [0.717, 1.165) is 0 Å². The second-order valence-electron chi connectivity index (χ2n) is 3.60. The van der Waals surface area contributed by atoms with E-state index in [9.17, 15) is 9.18 Å². The SMILES string of the molecule is COc1ccc(F)cc1-c1cc(C)[nH]c(=O)n1. The van der Waals surface area contributed by atoms with Gasteiger partial charge in [0.05, 0.1) is 12.8 Å². The van der Waals surface area contributed by atoms with E-state index >= 15 is 0 Å². The average molecular weight is 234 g/mol. The Morgan fingerprint density at radius 3 is 2.76 bits per heavy atom. The Hall–Kier alpha value is -2.17. The summed E-state index contributed by atoms with van der Waals surface area (Å²) in [5, 5.41) is 0. The van der Waals surface area contributed by atoms with Crippen molar-refractivity contribution in [2.45, 2.75) is 6.92 Å². The van der Waals surface area contributed by atoms with Crippen LogP contribution in [0.2, 0.25) is 0 Å². The summed E-state index contributed by atoms with van der Waals surface area (Å²) in [5.41, 5.74) is 1.04. The summed E-state index contributed by atoms with van der Waals surface area (Å²) >= 11 is 0. The van der Waals surface area contributed by atoms with Gasteiger partial charge in [-0.25, -0.2) is 9.18 Å². The minimum atomic E-state index is -0.466. The van der Waals surface area contributed by atoms with Crippen LogP contribution in [0.25, 0.3) is 11.3 Å². The highest BCUT2D eigenvalue weighted by molar-refractivity contribution is 5.67. The smallest absolute Gasteiger partial charge is 0.345 e. The molecular formula is C12H11FN2O2. The molecule has 0 fully saturated rings. The van der Waals surface area contributed by atoms with Gasteiger partial charge < -0.3 is 9.72 Å². The van der Waals surface area contributed by atoms with E-state index in [-0.39, 0.29) is 0 Å². The first-order valence-electron chi connectivity index (χ1n) is 5.02. The molecule has 0 saturated carbocycles. The molecule has 1 N–H and O–H groups in total. The van der Waals surface area contributed by atoms with Crippen molar-refractivity contribution >= 4 is 0 Å². The largest absolute Gasteiger partial charge is 0.496 e. The van der Waals surface area contributed by atoms with Crippen molar-refractivity contribution in [1.29, 1.82) is 0 Å². The number of aromatic nitrogens is 2. The third-order valence-electron chi connectivity index (χ3n) is 2.32. The van der Waals surface area contributed by atoms with E-state index in [1.165, 1.54) is 25.3 Å². The molecule has 0 spiro atoms. The highest BCUT2D eigenvalue weighted by Crippen LogP contribution is 2.28. The highest BCUT2D eigenvalue weighted by Gasteiger charge is 2.09. The molecule has 5 heteroatoms.